The molecular formula is C25H33N3O2. The largest absolute Gasteiger partial charge is 0.354 e. The van der Waals surface area contributed by atoms with Crippen LogP contribution in [-0.4, -0.2) is 40.8 Å². The molecule has 1 aromatic heterocycles. The Kier molecular flexibility index (Phi) is 8.00. The van der Waals surface area contributed by atoms with E-state index in [4.69, 9.17) is 0 Å². The van der Waals surface area contributed by atoms with Crippen molar-refractivity contribution in [3.63, 3.8) is 0 Å². The first kappa shape index (κ1) is 22.0. The molecule has 0 radical (unpaired) electrons. The third-order valence-corrected chi connectivity index (χ3v) is 6.01. The Bertz CT molecular complexity index is 829. The van der Waals surface area contributed by atoms with Crippen LogP contribution >= 0.6 is 0 Å². The normalized spacial score (nSPS) is 15.6. The number of nitrogens with one attached hydrogen (secondary N) is 1. The van der Waals surface area contributed by atoms with E-state index in [2.05, 4.69) is 35.4 Å². The molecule has 2 aromatic rings. The Morgan fingerprint density at radius 3 is 2.63 bits per heavy atom. The SMILES string of the molecule is CC[C@@H](C)NC(=O)CC1CCN(C(=O)CCc2cccc(-c3cccnc3)c2)CC1. The number of likely N-dealkylation sites (tertiary alicyclic amines) is 1. The lowest BCUT2D eigenvalue weighted by Gasteiger charge is -2.32. The molecule has 1 N–H and O–H groups in total. The monoisotopic (exact) mass is 407 g/mol. The van der Waals surface area contributed by atoms with E-state index in [1.54, 1.807) is 6.20 Å². The van der Waals surface area contributed by atoms with Gasteiger partial charge < -0.3 is 10.2 Å². The van der Waals surface area contributed by atoms with Gasteiger partial charge in [-0.2, -0.15) is 0 Å². The van der Waals surface area contributed by atoms with Gasteiger partial charge in [0.1, 0.15) is 0 Å². The number of pyridine rings is 1. The molecule has 0 aliphatic carbocycles. The number of aryl methyl sites for hydroxylation is 1. The average molecular weight is 408 g/mol. The van der Waals surface area contributed by atoms with Crippen molar-refractivity contribution in [3.05, 3.63) is 54.4 Å². The fraction of sp³-hybridized carbons (Fsp3) is 0.480. The molecule has 0 unspecified atom stereocenters. The Hall–Kier alpha value is -2.69. The molecule has 160 valence electrons. The molecule has 2 amide bonds. The van der Waals surface area contributed by atoms with Gasteiger partial charge in [-0.05, 0) is 61.3 Å². The van der Waals surface area contributed by atoms with E-state index >= 15 is 0 Å². The van der Waals surface area contributed by atoms with Crippen LogP contribution in [0.2, 0.25) is 0 Å². The van der Waals surface area contributed by atoms with Crippen molar-refractivity contribution in [2.45, 2.75) is 58.4 Å². The first-order valence-corrected chi connectivity index (χ1v) is 11.1. The number of hydrogen-bond acceptors (Lipinski definition) is 3. The van der Waals surface area contributed by atoms with Crippen molar-refractivity contribution in [2.75, 3.05) is 13.1 Å². The number of amides is 2. The zero-order valence-corrected chi connectivity index (χ0v) is 18.1. The molecule has 5 nitrogen and oxygen atoms in total. The number of benzene rings is 1. The predicted molar refractivity (Wildman–Crippen MR) is 120 cm³/mol. The highest BCUT2D eigenvalue weighted by atomic mass is 16.2. The molecule has 0 bridgehead atoms. The number of rotatable bonds is 8. The maximum atomic E-state index is 12.7. The van der Waals surface area contributed by atoms with Crippen LogP contribution in [0, 0.1) is 5.92 Å². The zero-order chi connectivity index (χ0) is 21.3. The van der Waals surface area contributed by atoms with Gasteiger partial charge in [0.2, 0.25) is 11.8 Å². The quantitative estimate of drug-likeness (QED) is 0.712. The summed E-state index contributed by atoms with van der Waals surface area (Å²) in [6.45, 7) is 5.63. The number of aromatic nitrogens is 1. The summed E-state index contributed by atoms with van der Waals surface area (Å²) in [5, 5.41) is 3.04. The lowest BCUT2D eigenvalue weighted by Crippen LogP contribution is -2.40. The molecule has 1 atom stereocenters. The minimum atomic E-state index is 0.141. The van der Waals surface area contributed by atoms with Crippen LogP contribution in [0.1, 0.15) is 51.5 Å². The Morgan fingerprint density at radius 2 is 1.93 bits per heavy atom. The van der Waals surface area contributed by atoms with Crippen LogP contribution in [0.3, 0.4) is 0 Å². The minimum Gasteiger partial charge on any atom is -0.354 e. The van der Waals surface area contributed by atoms with Gasteiger partial charge in [-0.25, -0.2) is 0 Å². The molecule has 0 spiro atoms. The van der Waals surface area contributed by atoms with E-state index in [1.165, 1.54) is 5.56 Å². The van der Waals surface area contributed by atoms with E-state index in [1.807, 2.05) is 36.2 Å². The summed E-state index contributed by atoms with van der Waals surface area (Å²) in [6.07, 6.45) is 8.24. The molecule has 3 rings (SSSR count). The van der Waals surface area contributed by atoms with Gasteiger partial charge >= 0.3 is 0 Å². The molecule has 1 aliphatic heterocycles. The minimum absolute atomic E-state index is 0.141. The number of carbonyl (C=O) groups excluding carboxylic acids is 2. The topological polar surface area (TPSA) is 62.3 Å². The summed E-state index contributed by atoms with van der Waals surface area (Å²) in [4.78, 5) is 30.9. The van der Waals surface area contributed by atoms with Crippen molar-refractivity contribution >= 4 is 11.8 Å². The number of piperidine rings is 1. The second-order valence-corrected chi connectivity index (χ2v) is 8.35. The Balaban J connectivity index is 1.44. The van der Waals surface area contributed by atoms with Crippen molar-refractivity contribution < 1.29 is 9.59 Å². The second-order valence-electron chi connectivity index (χ2n) is 8.35. The fourth-order valence-electron chi connectivity index (χ4n) is 3.93. The molecule has 1 aliphatic rings. The maximum absolute atomic E-state index is 12.7. The smallest absolute Gasteiger partial charge is 0.222 e. The van der Waals surface area contributed by atoms with Crippen molar-refractivity contribution in [2.24, 2.45) is 5.92 Å². The summed E-state index contributed by atoms with van der Waals surface area (Å²) >= 11 is 0. The molecule has 1 fully saturated rings. The number of carbonyl (C=O) groups is 2. The van der Waals surface area contributed by atoms with Gasteiger partial charge in [0.05, 0.1) is 0 Å². The fourth-order valence-corrected chi connectivity index (χ4v) is 3.93. The van der Waals surface area contributed by atoms with E-state index in [-0.39, 0.29) is 17.9 Å². The number of hydrogen-bond donors (Lipinski definition) is 1. The van der Waals surface area contributed by atoms with Crippen LogP contribution < -0.4 is 5.32 Å². The molecule has 30 heavy (non-hydrogen) atoms. The van der Waals surface area contributed by atoms with E-state index in [0.717, 1.165) is 49.9 Å². The van der Waals surface area contributed by atoms with Crippen LogP contribution in [0.15, 0.2) is 48.8 Å². The molecule has 5 heteroatoms. The van der Waals surface area contributed by atoms with Crippen LogP contribution in [0.25, 0.3) is 11.1 Å². The lowest BCUT2D eigenvalue weighted by atomic mass is 9.92. The summed E-state index contributed by atoms with van der Waals surface area (Å²) in [5.74, 6) is 0.737. The van der Waals surface area contributed by atoms with Gasteiger partial charge in [0.15, 0.2) is 0 Å². The van der Waals surface area contributed by atoms with Crippen LogP contribution in [0.4, 0.5) is 0 Å². The highest BCUT2D eigenvalue weighted by Crippen LogP contribution is 2.23. The van der Waals surface area contributed by atoms with Crippen molar-refractivity contribution in [3.8, 4) is 11.1 Å². The third kappa shape index (κ3) is 6.41. The number of nitrogens with zero attached hydrogens (tertiary/aromatic N) is 2. The Morgan fingerprint density at radius 1 is 1.17 bits per heavy atom. The summed E-state index contributed by atoms with van der Waals surface area (Å²) in [6, 6.07) is 12.5. The second kappa shape index (κ2) is 10.9. The molecule has 0 saturated carbocycles. The predicted octanol–water partition coefficient (Wildman–Crippen LogP) is 4.22. The molecule has 1 aromatic carbocycles. The molecule has 2 heterocycles. The molecular weight excluding hydrogens is 374 g/mol. The van der Waals surface area contributed by atoms with Gasteiger partial charge in [-0.1, -0.05) is 37.3 Å². The summed E-state index contributed by atoms with van der Waals surface area (Å²) < 4.78 is 0. The average Bonchev–Trinajstić information content (AvgIpc) is 2.78. The van der Waals surface area contributed by atoms with Crippen LogP contribution in [0.5, 0.6) is 0 Å². The van der Waals surface area contributed by atoms with E-state index < -0.39 is 0 Å². The third-order valence-electron chi connectivity index (χ3n) is 6.01. The van der Waals surface area contributed by atoms with Gasteiger partial charge in [0, 0.05) is 44.4 Å². The highest BCUT2D eigenvalue weighted by molar-refractivity contribution is 5.77. The lowest BCUT2D eigenvalue weighted by molar-refractivity contribution is -0.132. The summed E-state index contributed by atoms with van der Waals surface area (Å²) in [5.41, 5.74) is 3.39. The maximum Gasteiger partial charge on any atom is 0.222 e. The first-order valence-electron chi connectivity index (χ1n) is 11.1. The molecule has 1 saturated heterocycles. The van der Waals surface area contributed by atoms with Crippen LogP contribution in [-0.2, 0) is 16.0 Å². The van der Waals surface area contributed by atoms with Gasteiger partial charge in [0.25, 0.3) is 0 Å². The van der Waals surface area contributed by atoms with E-state index in [9.17, 15) is 9.59 Å². The standard InChI is InChI=1S/C25H33N3O2/c1-3-19(2)27-24(29)17-21-11-14-28(15-12-21)25(30)10-9-20-6-4-7-22(16-20)23-8-5-13-26-18-23/h4-8,13,16,18-19,21H,3,9-12,14-15,17H2,1-2H3,(H,27,29)/t19-/m1/s1. The van der Waals surface area contributed by atoms with Gasteiger partial charge in [-0.15, -0.1) is 0 Å². The zero-order valence-electron chi connectivity index (χ0n) is 18.1. The van der Waals surface area contributed by atoms with Crippen molar-refractivity contribution in [1.82, 2.24) is 15.2 Å². The highest BCUT2D eigenvalue weighted by Gasteiger charge is 2.24. The summed E-state index contributed by atoms with van der Waals surface area (Å²) in [7, 11) is 0. The first-order chi connectivity index (χ1) is 14.5. The Labute approximate surface area is 179 Å². The van der Waals surface area contributed by atoms with E-state index in [0.29, 0.717) is 18.8 Å². The van der Waals surface area contributed by atoms with Crippen molar-refractivity contribution in [1.29, 1.82) is 0 Å². The van der Waals surface area contributed by atoms with Gasteiger partial charge in [-0.3, -0.25) is 14.6 Å².